The van der Waals surface area contributed by atoms with E-state index >= 15 is 0 Å². The first-order valence-corrected chi connectivity index (χ1v) is 9.84. The van der Waals surface area contributed by atoms with Gasteiger partial charge in [0.1, 0.15) is 0 Å². The lowest BCUT2D eigenvalue weighted by Crippen LogP contribution is -2.14. The SMILES string of the molecule is CC(C)=CCC(c1ccccc1Br)S(=O)(=O)c1ccc(C)cc1. The summed E-state index contributed by atoms with van der Waals surface area (Å²) in [5.41, 5.74) is 2.96. The second kappa shape index (κ2) is 7.45. The van der Waals surface area contributed by atoms with Crippen molar-refractivity contribution in [3.8, 4) is 0 Å². The molecular weight excluding hydrogens is 372 g/mol. The maximum atomic E-state index is 13.2. The highest BCUT2D eigenvalue weighted by Crippen LogP contribution is 2.36. The second-order valence-corrected chi connectivity index (χ2v) is 8.87. The van der Waals surface area contributed by atoms with E-state index in [0.29, 0.717) is 11.3 Å². The van der Waals surface area contributed by atoms with Gasteiger partial charge in [-0.15, -0.1) is 0 Å². The van der Waals surface area contributed by atoms with E-state index in [4.69, 9.17) is 0 Å². The molecule has 0 amide bonds. The van der Waals surface area contributed by atoms with Crippen molar-refractivity contribution in [2.75, 3.05) is 0 Å². The van der Waals surface area contributed by atoms with E-state index in [0.717, 1.165) is 21.2 Å². The molecule has 0 aliphatic heterocycles. The summed E-state index contributed by atoms with van der Waals surface area (Å²) in [7, 11) is -3.46. The molecule has 1 unspecified atom stereocenters. The van der Waals surface area contributed by atoms with Gasteiger partial charge in [-0.05, 0) is 51.0 Å². The molecule has 0 saturated heterocycles. The summed E-state index contributed by atoms with van der Waals surface area (Å²) < 4.78 is 27.1. The molecule has 0 saturated carbocycles. The molecule has 0 fully saturated rings. The average molecular weight is 393 g/mol. The Morgan fingerprint density at radius 1 is 1.09 bits per heavy atom. The van der Waals surface area contributed by atoms with Crippen LogP contribution in [0.1, 0.15) is 36.6 Å². The molecule has 0 spiro atoms. The number of halogens is 1. The van der Waals surface area contributed by atoms with Gasteiger partial charge in [0.25, 0.3) is 0 Å². The number of rotatable bonds is 5. The molecule has 0 bridgehead atoms. The molecule has 0 aromatic heterocycles. The van der Waals surface area contributed by atoms with Crippen molar-refractivity contribution in [1.82, 2.24) is 0 Å². The van der Waals surface area contributed by atoms with Crippen LogP contribution in [0.5, 0.6) is 0 Å². The summed E-state index contributed by atoms with van der Waals surface area (Å²) >= 11 is 3.50. The first kappa shape index (κ1) is 18.0. The van der Waals surface area contributed by atoms with E-state index in [1.165, 1.54) is 0 Å². The van der Waals surface area contributed by atoms with Crippen molar-refractivity contribution in [1.29, 1.82) is 0 Å². The third-order valence-corrected chi connectivity index (χ3v) is 6.56. The van der Waals surface area contributed by atoms with Crippen LogP contribution in [0.25, 0.3) is 0 Å². The summed E-state index contributed by atoms with van der Waals surface area (Å²) in [6, 6.07) is 14.6. The highest BCUT2D eigenvalue weighted by Gasteiger charge is 2.29. The van der Waals surface area contributed by atoms with Gasteiger partial charge in [-0.25, -0.2) is 8.42 Å². The summed E-state index contributed by atoms with van der Waals surface area (Å²) in [6.07, 6.45) is 2.44. The largest absolute Gasteiger partial charge is 0.223 e. The van der Waals surface area contributed by atoms with Crippen LogP contribution in [0.3, 0.4) is 0 Å². The van der Waals surface area contributed by atoms with Crippen LogP contribution < -0.4 is 0 Å². The Kier molecular flexibility index (Phi) is 5.82. The molecule has 0 aliphatic carbocycles. The predicted molar refractivity (Wildman–Crippen MR) is 99.3 cm³/mol. The highest BCUT2D eigenvalue weighted by molar-refractivity contribution is 9.10. The molecule has 23 heavy (non-hydrogen) atoms. The van der Waals surface area contributed by atoms with E-state index in [9.17, 15) is 8.42 Å². The van der Waals surface area contributed by atoms with E-state index in [2.05, 4.69) is 15.9 Å². The predicted octanol–water partition coefficient (Wildman–Crippen LogP) is 5.63. The normalized spacial score (nSPS) is 12.7. The van der Waals surface area contributed by atoms with Crippen LogP contribution in [0.15, 0.2) is 69.5 Å². The number of hydrogen-bond donors (Lipinski definition) is 0. The van der Waals surface area contributed by atoms with Gasteiger partial charge in [0, 0.05) is 4.47 Å². The standard InChI is InChI=1S/C19H21BrO2S/c1-14(2)8-13-19(17-6-4-5-7-18(17)20)23(21,22)16-11-9-15(3)10-12-16/h4-12,19H,13H2,1-3H3. The van der Waals surface area contributed by atoms with Gasteiger partial charge in [-0.3, -0.25) is 0 Å². The molecule has 2 rings (SSSR count). The molecular formula is C19H21BrO2S. The van der Waals surface area contributed by atoms with Gasteiger partial charge < -0.3 is 0 Å². The monoisotopic (exact) mass is 392 g/mol. The highest BCUT2D eigenvalue weighted by atomic mass is 79.9. The Bertz CT molecular complexity index is 802. The van der Waals surface area contributed by atoms with E-state index < -0.39 is 15.1 Å². The number of allylic oxidation sites excluding steroid dienone is 2. The summed E-state index contributed by atoms with van der Waals surface area (Å²) in [6.45, 7) is 5.91. The van der Waals surface area contributed by atoms with Crippen LogP contribution in [0.4, 0.5) is 0 Å². The Hall–Kier alpha value is -1.39. The zero-order valence-electron chi connectivity index (χ0n) is 13.6. The number of benzene rings is 2. The number of sulfone groups is 1. The van der Waals surface area contributed by atoms with Crippen LogP contribution in [-0.2, 0) is 9.84 Å². The van der Waals surface area contributed by atoms with Crippen molar-refractivity contribution in [3.05, 3.63) is 75.8 Å². The van der Waals surface area contributed by atoms with Crippen molar-refractivity contribution in [3.63, 3.8) is 0 Å². The maximum absolute atomic E-state index is 13.2. The molecule has 0 N–H and O–H groups in total. The third-order valence-electron chi connectivity index (χ3n) is 3.72. The Morgan fingerprint density at radius 2 is 1.70 bits per heavy atom. The second-order valence-electron chi connectivity index (χ2n) is 5.89. The summed E-state index contributed by atoms with van der Waals surface area (Å²) in [4.78, 5) is 0.367. The Labute approximate surface area is 147 Å². The molecule has 122 valence electrons. The van der Waals surface area contributed by atoms with Gasteiger partial charge in [0.15, 0.2) is 9.84 Å². The lowest BCUT2D eigenvalue weighted by atomic mass is 10.1. The van der Waals surface area contributed by atoms with Crippen molar-refractivity contribution in [2.45, 2.75) is 37.3 Å². The minimum absolute atomic E-state index is 0.367. The van der Waals surface area contributed by atoms with E-state index in [-0.39, 0.29) is 0 Å². The molecule has 0 radical (unpaired) electrons. The van der Waals surface area contributed by atoms with Gasteiger partial charge >= 0.3 is 0 Å². The lowest BCUT2D eigenvalue weighted by Gasteiger charge is -2.18. The van der Waals surface area contributed by atoms with Gasteiger partial charge in [-0.2, -0.15) is 0 Å². The molecule has 2 aromatic rings. The molecule has 0 aliphatic rings. The van der Waals surface area contributed by atoms with Crippen molar-refractivity contribution < 1.29 is 8.42 Å². The minimum atomic E-state index is -3.46. The molecule has 4 heteroatoms. The average Bonchev–Trinajstić information content (AvgIpc) is 2.49. The fraction of sp³-hybridized carbons (Fsp3) is 0.263. The first-order valence-electron chi connectivity index (χ1n) is 7.50. The maximum Gasteiger partial charge on any atom is 0.185 e. The van der Waals surface area contributed by atoms with Gasteiger partial charge in [0.2, 0.25) is 0 Å². The third kappa shape index (κ3) is 4.33. The van der Waals surface area contributed by atoms with E-state index in [1.807, 2.05) is 63.2 Å². The minimum Gasteiger partial charge on any atom is -0.223 e. The Morgan fingerprint density at radius 3 is 2.26 bits per heavy atom. The molecule has 2 nitrogen and oxygen atoms in total. The van der Waals surface area contributed by atoms with Gasteiger partial charge in [0.05, 0.1) is 10.1 Å². The first-order chi connectivity index (χ1) is 10.8. The lowest BCUT2D eigenvalue weighted by molar-refractivity contribution is 0.581. The molecule has 0 heterocycles. The Balaban J connectivity index is 2.54. The molecule has 2 aromatic carbocycles. The fourth-order valence-corrected chi connectivity index (χ4v) is 4.84. The quantitative estimate of drug-likeness (QED) is 0.617. The smallest absolute Gasteiger partial charge is 0.185 e. The summed E-state index contributed by atoms with van der Waals surface area (Å²) in [5, 5.41) is -0.601. The van der Waals surface area contributed by atoms with Crippen molar-refractivity contribution in [2.24, 2.45) is 0 Å². The summed E-state index contributed by atoms with van der Waals surface area (Å²) in [5.74, 6) is 0. The van der Waals surface area contributed by atoms with Crippen LogP contribution >= 0.6 is 15.9 Å². The topological polar surface area (TPSA) is 34.1 Å². The fourth-order valence-electron chi connectivity index (χ4n) is 2.39. The molecule has 1 atom stereocenters. The van der Waals surface area contributed by atoms with Crippen LogP contribution in [-0.4, -0.2) is 8.42 Å². The zero-order chi connectivity index (χ0) is 17.0. The van der Waals surface area contributed by atoms with Crippen LogP contribution in [0, 0.1) is 6.92 Å². The van der Waals surface area contributed by atoms with Crippen LogP contribution in [0.2, 0.25) is 0 Å². The van der Waals surface area contributed by atoms with Gasteiger partial charge in [-0.1, -0.05) is 63.5 Å². The van der Waals surface area contributed by atoms with Crippen molar-refractivity contribution >= 4 is 25.8 Å². The van der Waals surface area contributed by atoms with E-state index in [1.54, 1.807) is 12.1 Å². The zero-order valence-corrected chi connectivity index (χ0v) is 16.0. The number of hydrogen-bond acceptors (Lipinski definition) is 2. The number of aryl methyl sites for hydroxylation is 1.